The summed E-state index contributed by atoms with van der Waals surface area (Å²) in [4.78, 5) is 13.9. The molecule has 0 radical (unpaired) electrons. The normalized spacial score (nSPS) is 10.6. The van der Waals surface area contributed by atoms with Gasteiger partial charge in [-0.15, -0.1) is 10.2 Å². The zero-order valence-electron chi connectivity index (χ0n) is 11.9. The number of aromatic nitrogens is 3. The second-order valence-corrected chi connectivity index (χ2v) is 4.07. The molecule has 2 aromatic rings. The molecule has 0 spiro atoms. The van der Waals surface area contributed by atoms with E-state index in [0.29, 0.717) is 17.2 Å². The van der Waals surface area contributed by atoms with Crippen molar-refractivity contribution in [1.82, 2.24) is 15.2 Å². The van der Waals surface area contributed by atoms with Gasteiger partial charge in [-0.05, 0) is 30.7 Å². The van der Waals surface area contributed by atoms with Gasteiger partial charge in [-0.2, -0.15) is 5.10 Å². The smallest absolute Gasteiger partial charge is 0.274 e. The number of benzene rings is 1. The minimum absolute atomic E-state index is 0.169. The zero-order valence-corrected chi connectivity index (χ0v) is 11.9. The molecule has 0 saturated heterocycles. The SMILES string of the molecule is COc1ccc(/C=N\Nc2nnc(C)c(=O)[nH]2)cc1OC. The molecular formula is C13H15N5O3. The predicted molar refractivity (Wildman–Crippen MR) is 78.2 cm³/mol. The van der Waals surface area contributed by atoms with E-state index in [2.05, 4.69) is 25.7 Å². The molecule has 2 N–H and O–H groups in total. The average molecular weight is 289 g/mol. The van der Waals surface area contributed by atoms with Crippen molar-refractivity contribution in [2.75, 3.05) is 19.6 Å². The van der Waals surface area contributed by atoms with Crippen LogP contribution in [-0.4, -0.2) is 35.6 Å². The van der Waals surface area contributed by atoms with Crippen LogP contribution in [0.2, 0.25) is 0 Å². The summed E-state index contributed by atoms with van der Waals surface area (Å²) in [6.45, 7) is 1.57. The number of methoxy groups -OCH3 is 2. The highest BCUT2D eigenvalue weighted by atomic mass is 16.5. The van der Waals surface area contributed by atoms with Crippen molar-refractivity contribution in [2.24, 2.45) is 5.10 Å². The number of H-pyrrole nitrogens is 1. The monoisotopic (exact) mass is 289 g/mol. The Hall–Kier alpha value is -2.90. The summed E-state index contributed by atoms with van der Waals surface area (Å²) >= 11 is 0. The third-order valence-electron chi connectivity index (χ3n) is 2.65. The standard InChI is InChI=1S/C13H15N5O3/c1-8-12(19)15-13(18-16-8)17-14-7-9-4-5-10(20-2)11(6-9)21-3/h4-7H,1-3H3,(H2,15,17,18,19)/b14-7-. The highest BCUT2D eigenvalue weighted by Gasteiger charge is 2.03. The van der Waals surface area contributed by atoms with Crippen LogP contribution in [-0.2, 0) is 0 Å². The first-order valence-corrected chi connectivity index (χ1v) is 6.08. The van der Waals surface area contributed by atoms with Gasteiger partial charge < -0.3 is 9.47 Å². The molecule has 0 saturated carbocycles. The Morgan fingerprint density at radius 3 is 2.67 bits per heavy atom. The number of hydrazone groups is 1. The van der Waals surface area contributed by atoms with Crippen LogP contribution in [0.15, 0.2) is 28.1 Å². The molecule has 110 valence electrons. The number of aromatic amines is 1. The topological polar surface area (TPSA) is 101 Å². The fraction of sp³-hybridized carbons (Fsp3) is 0.231. The van der Waals surface area contributed by atoms with E-state index in [-0.39, 0.29) is 11.5 Å². The molecule has 21 heavy (non-hydrogen) atoms. The van der Waals surface area contributed by atoms with Crippen molar-refractivity contribution in [1.29, 1.82) is 0 Å². The number of hydrogen-bond acceptors (Lipinski definition) is 7. The Morgan fingerprint density at radius 2 is 2.00 bits per heavy atom. The van der Waals surface area contributed by atoms with Gasteiger partial charge in [-0.25, -0.2) is 5.43 Å². The third kappa shape index (κ3) is 3.56. The molecule has 0 amide bonds. The van der Waals surface area contributed by atoms with Crippen molar-refractivity contribution in [3.8, 4) is 11.5 Å². The number of aryl methyl sites for hydroxylation is 1. The first-order valence-electron chi connectivity index (χ1n) is 6.08. The molecule has 0 aliphatic heterocycles. The maximum Gasteiger partial charge on any atom is 0.274 e. The van der Waals surface area contributed by atoms with Gasteiger partial charge in [0.2, 0.25) is 5.95 Å². The predicted octanol–water partition coefficient (Wildman–Crippen LogP) is 0.937. The summed E-state index contributed by atoms with van der Waals surface area (Å²) in [7, 11) is 3.13. The molecule has 0 aliphatic rings. The van der Waals surface area contributed by atoms with Gasteiger partial charge in [0, 0.05) is 0 Å². The Bertz CT molecular complexity index is 711. The van der Waals surface area contributed by atoms with Crippen LogP contribution in [0.1, 0.15) is 11.3 Å². The van der Waals surface area contributed by atoms with Gasteiger partial charge in [0.25, 0.3) is 5.56 Å². The lowest BCUT2D eigenvalue weighted by Crippen LogP contribution is -2.15. The average Bonchev–Trinajstić information content (AvgIpc) is 2.50. The van der Waals surface area contributed by atoms with Gasteiger partial charge in [0.1, 0.15) is 5.69 Å². The number of nitrogens with one attached hydrogen (secondary N) is 2. The van der Waals surface area contributed by atoms with Crippen LogP contribution >= 0.6 is 0 Å². The van der Waals surface area contributed by atoms with Crippen molar-refractivity contribution in [3.05, 3.63) is 39.8 Å². The van der Waals surface area contributed by atoms with E-state index in [1.54, 1.807) is 39.5 Å². The van der Waals surface area contributed by atoms with E-state index in [9.17, 15) is 4.79 Å². The van der Waals surface area contributed by atoms with Crippen molar-refractivity contribution < 1.29 is 9.47 Å². The Balaban J connectivity index is 2.10. The quantitative estimate of drug-likeness (QED) is 0.627. The summed E-state index contributed by atoms with van der Waals surface area (Å²) in [5.74, 6) is 1.41. The number of ether oxygens (including phenoxy) is 2. The Labute approximate surface area is 120 Å². The molecule has 8 heteroatoms. The molecule has 1 heterocycles. The van der Waals surface area contributed by atoms with Crippen LogP contribution in [0.3, 0.4) is 0 Å². The van der Waals surface area contributed by atoms with Gasteiger partial charge in [0.05, 0.1) is 20.4 Å². The first-order chi connectivity index (χ1) is 10.1. The lowest BCUT2D eigenvalue weighted by molar-refractivity contribution is 0.355. The number of anilines is 1. The van der Waals surface area contributed by atoms with E-state index < -0.39 is 0 Å². The van der Waals surface area contributed by atoms with Crippen LogP contribution in [0.4, 0.5) is 5.95 Å². The summed E-state index contributed by atoms with van der Waals surface area (Å²) in [6, 6.07) is 5.36. The minimum atomic E-state index is -0.311. The van der Waals surface area contributed by atoms with E-state index in [4.69, 9.17) is 9.47 Å². The van der Waals surface area contributed by atoms with Crippen molar-refractivity contribution in [2.45, 2.75) is 6.92 Å². The molecule has 1 aromatic carbocycles. The number of nitrogens with zero attached hydrogens (tertiary/aromatic N) is 3. The molecule has 0 atom stereocenters. The zero-order chi connectivity index (χ0) is 15.2. The Kier molecular flexibility index (Phi) is 4.50. The maximum absolute atomic E-state index is 11.3. The minimum Gasteiger partial charge on any atom is -0.493 e. The second-order valence-electron chi connectivity index (χ2n) is 4.07. The molecule has 1 aromatic heterocycles. The van der Waals surface area contributed by atoms with Gasteiger partial charge in [-0.3, -0.25) is 9.78 Å². The largest absolute Gasteiger partial charge is 0.493 e. The van der Waals surface area contributed by atoms with Crippen molar-refractivity contribution >= 4 is 12.2 Å². The molecule has 0 fully saturated rings. The van der Waals surface area contributed by atoms with E-state index >= 15 is 0 Å². The molecule has 0 bridgehead atoms. The van der Waals surface area contributed by atoms with E-state index in [0.717, 1.165) is 5.56 Å². The van der Waals surface area contributed by atoms with Gasteiger partial charge in [-0.1, -0.05) is 0 Å². The fourth-order valence-electron chi connectivity index (χ4n) is 1.54. The molecular weight excluding hydrogens is 274 g/mol. The number of rotatable bonds is 5. The fourth-order valence-corrected chi connectivity index (χ4v) is 1.54. The van der Waals surface area contributed by atoms with Gasteiger partial charge in [0.15, 0.2) is 11.5 Å². The third-order valence-corrected chi connectivity index (χ3v) is 2.65. The van der Waals surface area contributed by atoms with Crippen LogP contribution in [0, 0.1) is 6.92 Å². The number of hydrogen-bond donors (Lipinski definition) is 2. The molecule has 0 aliphatic carbocycles. The van der Waals surface area contributed by atoms with Crippen LogP contribution < -0.4 is 20.5 Å². The van der Waals surface area contributed by atoms with Crippen LogP contribution in [0.5, 0.6) is 11.5 Å². The highest BCUT2D eigenvalue weighted by Crippen LogP contribution is 2.26. The lowest BCUT2D eigenvalue weighted by Gasteiger charge is -2.07. The molecule has 0 unspecified atom stereocenters. The first kappa shape index (κ1) is 14.5. The van der Waals surface area contributed by atoms with Gasteiger partial charge >= 0.3 is 0 Å². The molecule has 2 rings (SSSR count). The van der Waals surface area contributed by atoms with E-state index in [1.165, 1.54) is 0 Å². The maximum atomic E-state index is 11.3. The summed E-state index contributed by atoms with van der Waals surface area (Å²) in [6.07, 6.45) is 1.56. The van der Waals surface area contributed by atoms with E-state index in [1.807, 2.05) is 6.07 Å². The van der Waals surface area contributed by atoms with Crippen LogP contribution in [0.25, 0.3) is 0 Å². The van der Waals surface area contributed by atoms with Crippen molar-refractivity contribution in [3.63, 3.8) is 0 Å². The highest BCUT2D eigenvalue weighted by molar-refractivity contribution is 5.81. The Morgan fingerprint density at radius 1 is 1.24 bits per heavy atom. The second kappa shape index (κ2) is 6.51. The summed E-state index contributed by atoms with van der Waals surface area (Å²) < 4.78 is 10.3. The molecule has 8 nitrogen and oxygen atoms in total. The summed E-state index contributed by atoms with van der Waals surface area (Å²) in [5.41, 5.74) is 3.37. The lowest BCUT2D eigenvalue weighted by atomic mass is 10.2. The summed E-state index contributed by atoms with van der Waals surface area (Å²) in [5, 5.41) is 11.4.